The topological polar surface area (TPSA) is 37.0 Å². The fourth-order valence-electron chi connectivity index (χ4n) is 1.73. The Balaban J connectivity index is 2.00. The molecule has 0 spiro atoms. The van der Waals surface area contributed by atoms with Crippen molar-refractivity contribution in [3.63, 3.8) is 0 Å². The van der Waals surface area contributed by atoms with Crippen LogP contribution in [0, 0.1) is 0 Å². The average molecular weight is 235 g/mol. The van der Waals surface area contributed by atoms with Crippen LogP contribution in [0.15, 0.2) is 24.4 Å². The molecule has 0 aliphatic rings. The molecule has 1 aromatic heterocycles. The van der Waals surface area contributed by atoms with E-state index in [1.54, 1.807) is 0 Å². The number of nitrogens with zero attached hydrogens (tertiary/aromatic N) is 1. The molecule has 1 heterocycles. The van der Waals surface area contributed by atoms with Crippen LogP contribution in [0.2, 0.25) is 0 Å². The van der Waals surface area contributed by atoms with E-state index in [2.05, 4.69) is 35.5 Å². The molecule has 1 atom stereocenters. The van der Waals surface area contributed by atoms with E-state index < -0.39 is 0 Å². The van der Waals surface area contributed by atoms with Gasteiger partial charge in [0.15, 0.2) is 0 Å². The molecule has 0 aliphatic carbocycles. The number of hydrogen-bond acceptors (Lipinski definition) is 3. The first-order valence-electron chi connectivity index (χ1n) is 6.67. The SMILES string of the molecule is CCCNCC(C)NCCCc1ccccn1. The van der Waals surface area contributed by atoms with Crippen molar-refractivity contribution in [3.8, 4) is 0 Å². The van der Waals surface area contributed by atoms with Crippen molar-refractivity contribution in [1.29, 1.82) is 0 Å². The van der Waals surface area contributed by atoms with Gasteiger partial charge in [0.1, 0.15) is 0 Å². The van der Waals surface area contributed by atoms with Crippen molar-refractivity contribution in [2.24, 2.45) is 0 Å². The lowest BCUT2D eigenvalue weighted by Gasteiger charge is -2.14. The summed E-state index contributed by atoms with van der Waals surface area (Å²) in [5, 5.41) is 6.94. The van der Waals surface area contributed by atoms with Gasteiger partial charge in [0, 0.05) is 24.5 Å². The molecular weight excluding hydrogens is 210 g/mol. The Labute approximate surface area is 105 Å². The van der Waals surface area contributed by atoms with E-state index in [1.807, 2.05) is 18.3 Å². The van der Waals surface area contributed by atoms with Gasteiger partial charge in [-0.1, -0.05) is 13.0 Å². The minimum absolute atomic E-state index is 0.547. The summed E-state index contributed by atoms with van der Waals surface area (Å²) in [5.41, 5.74) is 1.19. The molecule has 0 saturated carbocycles. The molecule has 1 aromatic rings. The van der Waals surface area contributed by atoms with Gasteiger partial charge in [0.25, 0.3) is 0 Å². The summed E-state index contributed by atoms with van der Waals surface area (Å²) in [6.07, 6.45) is 5.27. The molecular formula is C14H25N3. The van der Waals surface area contributed by atoms with Gasteiger partial charge < -0.3 is 10.6 Å². The number of aromatic nitrogens is 1. The van der Waals surface area contributed by atoms with Crippen molar-refractivity contribution >= 4 is 0 Å². The van der Waals surface area contributed by atoms with E-state index in [0.717, 1.165) is 32.5 Å². The van der Waals surface area contributed by atoms with Crippen molar-refractivity contribution in [2.75, 3.05) is 19.6 Å². The van der Waals surface area contributed by atoms with Crippen LogP contribution < -0.4 is 10.6 Å². The highest BCUT2D eigenvalue weighted by molar-refractivity contribution is 5.03. The fourth-order valence-corrected chi connectivity index (χ4v) is 1.73. The molecule has 0 fully saturated rings. The maximum Gasteiger partial charge on any atom is 0.0404 e. The Morgan fingerprint density at radius 1 is 1.29 bits per heavy atom. The van der Waals surface area contributed by atoms with Crippen LogP contribution in [0.3, 0.4) is 0 Å². The minimum atomic E-state index is 0.547. The summed E-state index contributed by atoms with van der Waals surface area (Å²) in [4.78, 5) is 4.32. The van der Waals surface area contributed by atoms with Crippen LogP contribution in [-0.4, -0.2) is 30.7 Å². The second-order valence-corrected chi connectivity index (χ2v) is 4.48. The summed E-state index contributed by atoms with van der Waals surface area (Å²) in [6.45, 7) is 7.64. The predicted molar refractivity (Wildman–Crippen MR) is 73.2 cm³/mol. The molecule has 0 bridgehead atoms. The normalized spacial score (nSPS) is 12.6. The Morgan fingerprint density at radius 3 is 2.88 bits per heavy atom. The van der Waals surface area contributed by atoms with Gasteiger partial charge >= 0.3 is 0 Å². The number of nitrogens with one attached hydrogen (secondary N) is 2. The van der Waals surface area contributed by atoms with Crippen LogP contribution in [0.5, 0.6) is 0 Å². The molecule has 3 nitrogen and oxygen atoms in total. The van der Waals surface area contributed by atoms with Crippen LogP contribution in [0.25, 0.3) is 0 Å². The van der Waals surface area contributed by atoms with Gasteiger partial charge in [-0.2, -0.15) is 0 Å². The first-order valence-corrected chi connectivity index (χ1v) is 6.67. The third kappa shape index (κ3) is 7.08. The van der Waals surface area contributed by atoms with Crippen LogP contribution in [0.1, 0.15) is 32.4 Å². The van der Waals surface area contributed by atoms with Crippen molar-refractivity contribution in [2.45, 2.75) is 39.2 Å². The number of hydrogen-bond donors (Lipinski definition) is 2. The molecule has 0 amide bonds. The van der Waals surface area contributed by atoms with E-state index in [4.69, 9.17) is 0 Å². The lowest BCUT2D eigenvalue weighted by Crippen LogP contribution is -2.37. The third-order valence-corrected chi connectivity index (χ3v) is 2.71. The summed E-state index contributed by atoms with van der Waals surface area (Å²) < 4.78 is 0. The molecule has 0 saturated heterocycles. The maximum atomic E-state index is 4.32. The third-order valence-electron chi connectivity index (χ3n) is 2.71. The largest absolute Gasteiger partial charge is 0.315 e. The molecule has 96 valence electrons. The van der Waals surface area contributed by atoms with Crippen molar-refractivity contribution < 1.29 is 0 Å². The quantitative estimate of drug-likeness (QED) is 0.643. The average Bonchev–Trinajstić information content (AvgIpc) is 2.36. The molecule has 17 heavy (non-hydrogen) atoms. The van der Waals surface area contributed by atoms with E-state index in [0.29, 0.717) is 6.04 Å². The maximum absolute atomic E-state index is 4.32. The van der Waals surface area contributed by atoms with E-state index in [1.165, 1.54) is 12.1 Å². The van der Waals surface area contributed by atoms with Crippen molar-refractivity contribution in [3.05, 3.63) is 30.1 Å². The van der Waals surface area contributed by atoms with E-state index in [-0.39, 0.29) is 0 Å². The zero-order valence-electron chi connectivity index (χ0n) is 11.1. The first kappa shape index (κ1) is 14.1. The van der Waals surface area contributed by atoms with Gasteiger partial charge in [0.2, 0.25) is 0 Å². The second kappa shape index (κ2) is 9.14. The summed E-state index contributed by atoms with van der Waals surface area (Å²) in [6, 6.07) is 6.65. The highest BCUT2D eigenvalue weighted by Gasteiger charge is 1.99. The summed E-state index contributed by atoms with van der Waals surface area (Å²) in [5.74, 6) is 0. The van der Waals surface area contributed by atoms with E-state index >= 15 is 0 Å². The molecule has 2 N–H and O–H groups in total. The predicted octanol–water partition coefficient (Wildman–Crippen LogP) is 1.99. The number of rotatable bonds is 9. The van der Waals surface area contributed by atoms with Crippen LogP contribution in [0.4, 0.5) is 0 Å². The smallest absolute Gasteiger partial charge is 0.0404 e. The Morgan fingerprint density at radius 2 is 2.18 bits per heavy atom. The molecule has 1 unspecified atom stereocenters. The zero-order valence-corrected chi connectivity index (χ0v) is 11.1. The molecule has 0 aliphatic heterocycles. The van der Waals surface area contributed by atoms with Gasteiger partial charge in [-0.05, 0) is 51.4 Å². The van der Waals surface area contributed by atoms with Crippen LogP contribution in [-0.2, 0) is 6.42 Å². The summed E-state index contributed by atoms with van der Waals surface area (Å²) in [7, 11) is 0. The van der Waals surface area contributed by atoms with Crippen LogP contribution >= 0.6 is 0 Å². The molecule has 3 heteroatoms. The minimum Gasteiger partial charge on any atom is -0.315 e. The lowest BCUT2D eigenvalue weighted by atomic mass is 10.2. The summed E-state index contributed by atoms with van der Waals surface area (Å²) >= 11 is 0. The van der Waals surface area contributed by atoms with Gasteiger partial charge in [0.05, 0.1) is 0 Å². The Bertz CT molecular complexity index is 274. The number of aryl methyl sites for hydroxylation is 1. The molecule has 0 aromatic carbocycles. The van der Waals surface area contributed by atoms with Gasteiger partial charge in [-0.25, -0.2) is 0 Å². The monoisotopic (exact) mass is 235 g/mol. The second-order valence-electron chi connectivity index (χ2n) is 4.48. The van der Waals surface area contributed by atoms with Gasteiger partial charge in [-0.3, -0.25) is 4.98 Å². The molecule has 1 rings (SSSR count). The standard InChI is InChI=1S/C14H25N3/c1-3-9-15-12-13(2)16-11-6-8-14-7-4-5-10-17-14/h4-5,7,10,13,15-16H,3,6,8-9,11-12H2,1-2H3. The fraction of sp³-hybridized carbons (Fsp3) is 0.643. The van der Waals surface area contributed by atoms with Crippen molar-refractivity contribution in [1.82, 2.24) is 15.6 Å². The van der Waals surface area contributed by atoms with Gasteiger partial charge in [-0.15, -0.1) is 0 Å². The highest BCUT2D eigenvalue weighted by atomic mass is 15.0. The number of pyridine rings is 1. The van der Waals surface area contributed by atoms with E-state index in [9.17, 15) is 0 Å². The first-order chi connectivity index (χ1) is 8.33. The highest BCUT2D eigenvalue weighted by Crippen LogP contribution is 1.97. The lowest BCUT2D eigenvalue weighted by molar-refractivity contribution is 0.495. The zero-order chi connectivity index (χ0) is 12.3. The molecule has 0 radical (unpaired) electrons. The Kier molecular flexibility index (Phi) is 7.60. The Hall–Kier alpha value is -0.930.